The molecule has 2 aromatic carbocycles. The van der Waals surface area contributed by atoms with Crippen LogP contribution in [0.3, 0.4) is 0 Å². The predicted octanol–water partition coefficient (Wildman–Crippen LogP) is 3.76. The van der Waals surface area contributed by atoms with Crippen LogP contribution in [0.25, 0.3) is 11.0 Å². The van der Waals surface area contributed by atoms with Crippen molar-refractivity contribution in [1.82, 2.24) is 9.80 Å². The largest absolute Gasteiger partial charge is 0.490 e. The van der Waals surface area contributed by atoms with Crippen LogP contribution in [-0.4, -0.2) is 61.7 Å². The predicted molar refractivity (Wildman–Crippen MR) is 129 cm³/mol. The summed E-state index contributed by atoms with van der Waals surface area (Å²) in [5, 5.41) is 0.121. The van der Waals surface area contributed by atoms with Gasteiger partial charge in [0.2, 0.25) is 5.76 Å². The van der Waals surface area contributed by atoms with E-state index < -0.39 is 17.3 Å². The van der Waals surface area contributed by atoms with Gasteiger partial charge in [-0.3, -0.25) is 14.5 Å². The number of fused-ring (bicyclic) bond motifs is 2. The fourth-order valence-electron chi connectivity index (χ4n) is 4.79. The zero-order chi connectivity index (χ0) is 24.4. The zero-order valence-corrected chi connectivity index (χ0v) is 19.4. The standard InChI is InChI=1S/C27H27FN2O5/c1-2-13-34-20-6-3-5-18(16-20)24-23-25(31)21-17-19(28)7-8-22(21)35-26(23)27(32)30(24)10-4-9-29-11-14-33-15-12-29/h2-3,5-8,16-17,24H,1,4,9-15H2/t24-/m1/s1. The summed E-state index contributed by atoms with van der Waals surface area (Å²) in [7, 11) is 0. The minimum Gasteiger partial charge on any atom is -0.490 e. The van der Waals surface area contributed by atoms with Gasteiger partial charge in [-0.2, -0.15) is 0 Å². The number of hydrogen-bond donors (Lipinski definition) is 0. The summed E-state index contributed by atoms with van der Waals surface area (Å²) < 4.78 is 31.0. The van der Waals surface area contributed by atoms with Crippen molar-refractivity contribution in [2.45, 2.75) is 12.5 Å². The quantitative estimate of drug-likeness (QED) is 0.459. The lowest BCUT2D eigenvalue weighted by Crippen LogP contribution is -2.38. The first kappa shape index (κ1) is 23.3. The van der Waals surface area contributed by atoms with Gasteiger partial charge in [0.15, 0.2) is 5.43 Å². The highest BCUT2D eigenvalue weighted by molar-refractivity contribution is 5.99. The molecular formula is C27H27FN2O5. The van der Waals surface area contributed by atoms with Gasteiger partial charge in [0.05, 0.1) is 30.2 Å². The van der Waals surface area contributed by atoms with E-state index in [9.17, 15) is 14.0 Å². The molecule has 0 spiro atoms. The number of nitrogens with zero attached hydrogens (tertiary/aromatic N) is 2. The molecule has 1 aromatic heterocycles. The van der Waals surface area contributed by atoms with E-state index in [1.54, 1.807) is 11.0 Å². The lowest BCUT2D eigenvalue weighted by Gasteiger charge is -2.29. The van der Waals surface area contributed by atoms with Gasteiger partial charge in [-0.1, -0.05) is 24.8 Å². The number of ether oxygens (including phenoxy) is 2. The molecule has 1 atom stereocenters. The molecular weight excluding hydrogens is 451 g/mol. The minimum atomic E-state index is -0.654. The molecule has 5 rings (SSSR count). The number of carbonyl (C=O) groups is 1. The van der Waals surface area contributed by atoms with E-state index in [1.807, 2.05) is 24.3 Å². The second-order valence-corrected chi connectivity index (χ2v) is 8.70. The van der Waals surface area contributed by atoms with Gasteiger partial charge in [0, 0.05) is 26.2 Å². The first-order chi connectivity index (χ1) is 17.1. The Kier molecular flexibility index (Phi) is 6.66. The first-order valence-electron chi connectivity index (χ1n) is 11.8. The van der Waals surface area contributed by atoms with Gasteiger partial charge in [0.1, 0.15) is 23.8 Å². The topological polar surface area (TPSA) is 72.2 Å². The number of rotatable bonds is 8. The Morgan fingerprint density at radius 2 is 1.94 bits per heavy atom. The summed E-state index contributed by atoms with van der Waals surface area (Å²) in [6, 6.07) is 10.4. The highest BCUT2D eigenvalue weighted by atomic mass is 19.1. The maximum absolute atomic E-state index is 14.0. The molecule has 1 saturated heterocycles. The van der Waals surface area contributed by atoms with Crippen molar-refractivity contribution in [3.05, 3.63) is 88.0 Å². The first-order valence-corrected chi connectivity index (χ1v) is 11.8. The van der Waals surface area contributed by atoms with Crippen LogP contribution in [0.1, 0.15) is 34.1 Å². The third-order valence-electron chi connectivity index (χ3n) is 6.45. The second kappa shape index (κ2) is 10.0. The van der Waals surface area contributed by atoms with Crippen molar-refractivity contribution in [1.29, 1.82) is 0 Å². The van der Waals surface area contributed by atoms with E-state index in [4.69, 9.17) is 13.9 Å². The van der Waals surface area contributed by atoms with Crippen molar-refractivity contribution in [3.63, 3.8) is 0 Å². The van der Waals surface area contributed by atoms with Crippen LogP contribution in [-0.2, 0) is 4.74 Å². The van der Waals surface area contributed by atoms with Crippen LogP contribution in [0, 0.1) is 5.82 Å². The van der Waals surface area contributed by atoms with Gasteiger partial charge in [-0.05, 0) is 42.3 Å². The van der Waals surface area contributed by atoms with Crippen LogP contribution in [0.15, 0.2) is 64.3 Å². The molecule has 3 aromatic rings. The molecule has 1 fully saturated rings. The van der Waals surface area contributed by atoms with Crippen molar-refractivity contribution < 1.29 is 23.1 Å². The zero-order valence-electron chi connectivity index (χ0n) is 19.4. The van der Waals surface area contributed by atoms with Crippen molar-refractivity contribution in [2.75, 3.05) is 46.0 Å². The maximum Gasteiger partial charge on any atom is 0.290 e. The van der Waals surface area contributed by atoms with Gasteiger partial charge >= 0.3 is 0 Å². The molecule has 2 aliphatic heterocycles. The van der Waals surface area contributed by atoms with Gasteiger partial charge in [0.25, 0.3) is 5.91 Å². The van der Waals surface area contributed by atoms with Crippen LogP contribution < -0.4 is 10.2 Å². The molecule has 35 heavy (non-hydrogen) atoms. The highest BCUT2D eigenvalue weighted by Gasteiger charge is 2.42. The lowest BCUT2D eigenvalue weighted by atomic mass is 9.98. The lowest BCUT2D eigenvalue weighted by molar-refractivity contribution is 0.0353. The minimum absolute atomic E-state index is 0.0166. The third-order valence-corrected chi connectivity index (χ3v) is 6.45. The van der Waals surface area contributed by atoms with E-state index in [2.05, 4.69) is 11.5 Å². The van der Waals surface area contributed by atoms with Crippen LogP contribution in [0.4, 0.5) is 4.39 Å². The Morgan fingerprint density at radius 1 is 1.11 bits per heavy atom. The molecule has 0 bridgehead atoms. The molecule has 0 aliphatic carbocycles. The third kappa shape index (κ3) is 4.59. The highest BCUT2D eigenvalue weighted by Crippen LogP contribution is 2.39. The molecule has 3 heterocycles. The number of carbonyl (C=O) groups excluding carboxylic acids is 1. The van der Waals surface area contributed by atoms with Crippen molar-refractivity contribution in [2.24, 2.45) is 0 Å². The van der Waals surface area contributed by atoms with E-state index in [1.165, 1.54) is 12.1 Å². The molecule has 7 nitrogen and oxygen atoms in total. The summed E-state index contributed by atoms with van der Waals surface area (Å²) in [6.07, 6.45) is 2.37. The van der Waals surface area contributed by atoms with Crippen LogP contribution >= 0.6 is 0 Å². The summed E-state index contributed by atoms with van der Waals surface area (Å²) in [4.78, 5) is 31.1. The summed E-state index contributed by atoms with van der Waals surface area (Å²) in [6.45, 7) is 8.38. The maximum atomic E-state index is 14.0. The van der Waals surface area contributed by atoms with Gasteiger partial charge in [-0.15, -0.1) is 0 Å². The molecule has 0 unspecified atom stereocenters. The number of hydrogen-bond acceptors (Lipinski definition) is 6. The molecule has 8 heteroatoms. The van der Waals surface area contributed by atoms with E-state index in [-0.39, 0.29) is 28.2 Å². The Hall–Kier alpha value is -3.49. The number of amides is 1. The van der Waals surface area contributed by atoms with Crippen LogP contribution in [0.2, 0.25) is 0 Å². The molecule has 2 aliphatic rings. The van der Waals surface area contributed by atoms with E-state index in [0.717, 1.165) is 37.7 Å². The van der Waals surface area contributed by atoms with Crippen LogP contribution in [0.5, 0.6) is 5.75 Å². The SMILES string of the molecule is C=CCOc1cccc([C@@H]2c3c(oc4ccc(F)cc4c3=O)C(=O)N2CCCN2CCOCC2)c1. The average Bonchev–Trinajstić information content (AvgIpc) is 3.16. The molecule has 0 saturated carbocycles. The normalized spacial score (nSPS) is 18.1. The summed E-state index contributed by atoms with van der Waals surface area (Å²) in [5.41, 5.74) is 0.765. The Morgan fingerprint density at radius 3 is 2.74 bits per heavy atom. The Balaban J connectivity index is 1.54. The fraction of sp³-hybridized carbons (Fsp3) is 0.333. The average molecular weight is 479 g/mol. The molecule has 0 radical (unpaired) electrons. The monoisotopic (exact) mass is 478 g/mol. The van der Waals surface area contributed by atoms with Gasteiger partial charge < -0.3 is 18.8 Å². The summed E-state index contributed by atoms with van der Waals surface area (Å²) >= 11 is 0. The Bertz CT molecular complexity index is 1310. The van der Waals surface area contributed by atoms with E-state index >= 15 is 0 Å². The number of benzene rings is 2. The number of halogens is 1. The van der Waals surface area contributed by atoms with E-state index in [0.29, 0.717) is 32.1 Å². The summed E-state index contributed by atoms with van der Waals surface area (Å²) in [5.74, 6) is -0.254. The Labute approximate surface area is 202 Å². The fourth-order valence-corrected chi connectivity index (χ4v) is 4.79. The van der Waals surface area contributed by atoms with Crippen molar-refractivity contribution in [3.8, 4) is 5.75 Å². The van der Waals surface area contributed by atoms with Crippen molar-refractivity contribution >= 4 is 16.9 Å². The second-order valence-electron chi connectivity index (χ2n) is 8.70. The van der Waals surface area contributed by atoms with Gasteiger partial charge in [-0.25, -0.2) is 4.39 Å². The smallest absolute Gasteiger partial charge is 0.290 e. The molecule has 0 N–H and O–H groups in total. The number of morpholine rings is 1. The molecule has 182 valence electrons. The molecule has 1 amide bonds.